The molecule has 27 heteroatoms. The van der Waals surface area contributed by atoms with Crippen LogP contribution in [-0.2, 0) is 65.5 Å². The minimum absolute atomic E-state index is 0.00899. The molecule has 0 bridgehead atoms. The Morgan fingerprint density at radius 2 is 1.31 bits per heavy atom. The van der Waals surface area contributed by atoms with Gasteiger partial charge in [0.1, 0.15) is 11.8 Å². The van der Waals surface area contributed by atoms with Gasteiger partial charge in [-0.05, 0) is 146 Å². The number of piperidine rings is 1. The molecular formula is C79H118F4N10O13. The first-order valence-corrected chi connectivity index (χ1v) is 37.5. The second-order valence-electron chi connectivity index (χ2n) is 30.2. The van der Waals surface area contributed by atoms with Crippen LogP contribution >= 0.6 is 0 Å². The SMILES string of the molecule is CC[C@H](C)[C@@H]([C@@H](CC(=O)N1CCC[C@H]1[C@H](OC)[C@@H](C)C(=O)C[C@@H](Cc1ccccc1)C(=O)NCCc1ccc(NC(=O)[C@H](CCCNC(N)=O)CC(=O)[C@@H](NC(=O)CCCN2CCC(C(=O)Oc3c(F)c(F)c(C)c(F)c3F)CC2C)C(C)C)cc1)OC)N(C)C(=O)[C@@H](NC(=O)[C@H](C(C)C)N(C)C)C(C)C. The Kier molecular flexibility index (Phi) is 35.7. The Balaban J connectivity index is 1.17. The molecule has 0 spiro atoms. The van der Waals surface area contributed by atoms with Crippen LogP contribution in [0.4, 0.5) is 28.0 Å². The summed E-state index contributed by atoms with van der Waals surface area (Å²) in [6.45, 7) is 21.3. The van der Waals surface area contributed by atoms with E-state index < -0.39 is 124 Å². The fraction of sp³-hybridized carbons (Fsp3) is 0.646. The largest absolute Gasteiger partial charge is 0.420 e. The summed E-state index contributed by atoms with van der Waals surface area (Å²) < 4.78 is 74.4. The molecule has 2 aliphatic rings. The van der Waals surface area contributed by atoms with Crippen molar-refractivity contribution >= 4 is 64.7 Å². The van der Waals surface area contributed by atoms with Crippen molar-refractivity contribution in [2.24, 2.45) is 53.1 Å². The number of carbonyl (C=O) groups excluding carboxylic acids is 10. The summed E-state index contributed by atoms with van der Waals surface area (Å²) in [5, 5.41) is 14.4. The van der Waals surface area contributed by atoms with Gasteiger partial charge in [-0.3, -0.25) is 48.1 Å². The number of carbonyl (C=O) groups is 10. The van der Waals surface area contributed by atoms with Gasteiger partial charge in [0.05, 0.1) is 48.7 Å². The number of nitrogens with two attached hydrogens (primary N) is 1. The second-order valence-corrected chi connectivity index (χ2v) is 30.2. The number of Topliss-reactive ketones (excluding diaryl/α,β-unsaturated/α-hetero) is 2. The first kappa shape index (κ1) is 88.7. The maximum absolute atomic E-state index is 14.7. The minimum atomic E-state index is -1.80. The predicted molar refractivity (Wildman–Crippen MR) is 397 cm³/mol. The molecule has 2 aliphatic heterocycles. The van der Waals surface area contributed by atoms with Crippen molar-refractivity contribution in [1.82, 2.24) is 40.9 Å². The molecule has 3 aromatic carbocycles. The molecule has 7 N–H and O–H groups in total. The van der Waals surface area contributed by atoms with E-state index >= 15 is 0 Å². The van der Waals surface area contributed by atoms with Gasteiger partial charge >= 0.3 is 12.0 Å². The lowest BCUT2D eigenvalue weighted by Crippen LogP contribution is -2.59. The topological polar surface area (TPSA) is 298 Å². The van der Waals surface area contributed by atoms with Crippen molar-refractivity contribution < 1.29 is 79.7 Å². The van der Waals surface area contributed by atoms with E-state index in [1.54, 1.807) is 61.9 Å². The van der Waals surface area contributed by atoms with Crippen LogP contribution in [-0.4, -0.2) is 195 Å². The number of ketones is 2. The zero-order chi connectivity index (χ0) is 79.0. The van der Waals surface area contributed by atoms with Crippen LogP contribution in [0.1, 0.15) is 163 Å². The number of anilines is 1. The number of benzene rings is 3. The van der Waals surface area contributed by atoms with Crippen molar-refractivity contribution in [2.45, 2.75) is 215 Å². The number of amides is 8. The summed E-state index contributed by atoms with van der Waals surface area (Å²) in [6.07, 6.45) is 2.06. The highest BCUT2D eigenvalue weighted by atomic mass is 19.2. The fourth-order valence-electron chi connectivity index (χ4n) is 14.8. The number of hydrogen-bond acceptors (Lipinski definition) is 15. The molecule has 590 valence electrons. The van der Waals surface area contributed by atoms with E-state index in [4.69, 9.17) is 19.9 Å². The lowest BCUT2D eigenvalue weighted by Gasteiger charge is -2.41. The zero-order valence-corrected chi connectivity index (χ0v) is 65.1. The van der Waals surface area contributed by atoms with Gasteiger partial charge < -0.3 is 61.2 Å². The maximum Gasteiger partial charge on any atom is 0.314 e. The quantitative estimate of drug-likeness (QED) is 0.0101. The van der Waals surface area contributed by atoms with E-state index in [0.717, 1.165) is 18.1 Å². The number of esters is 1. The van der Waals surface area contributed by atoms with Crippen LogP contribution in [0, 0.1) is 77.5 Å². The Hall–Kier alpha value is -7.88. The van der Waals surface area contributed by atoms with E-state index in [9.17, 15) is 65.5 Å². The van der Waals surface area contributed by atoms with Crippen molar-refractivity contribution in [3.05, 3.63) is 94.6 Å². The highest BCUT2D eigenvalue weighted by Gasteiger charge is 2.44. The summed E-state index contributed by atoms with van der Waals surface area (Å²) in [5.74, 6) is -15.8. The van der Waals surface area contributed by atoms with E-state index in [1.807, 2.05) is 103 Å². The summed E-state index contributed by atoms with van der Waals surface area (Å²) in [5.41, 5.74) is 6.54. The predicted octanol–water partition coefficient (Wildman–Crippen LogP) is 9.27. The van der Waals surface area contributed by atoms with E-state index in [1.165, 1.54) is 14.2 Å². The number of halogens is 4. The molecular weight excluding hydrogens is 1370 g/mol. The highest BCUT2D eigenvalue weighted by Crippen LogP contribution is 2.35. The number of ether oxygens (including phenoxy) is 3. The van der Waals surface area contributed by atoms with Gasteiger partial charge in [-0.15, -0.1) is 0 Å². The minimum Gasteiger partial charge on any atom is -0.420 e. The Morgan fingerprint density at radius 1 is 0.679 bits per heavy atom. The molecule has 23 nitrogen and oxygen atoms in total. The molecule has 13 atom stereocenters. The summed E-state index contributed by atoms with van der Waals surface area (Å²) in [7, 11) is 8.43. The van der Waals surface area contributed by atoms with Crippen molar-refractivity contribution in [3.63, 3.8) is 0 Å². The van der Waals surface area contributed by atoms with Crippen LogP contribution in [0.5, 0.6) is 5.75 Å². The van der Waals surface area contributed by atoms with Crippen LogP contribution in [0.2, 0.25) is 0 Å². The molecule has 0 radical (unpaired) electrons. The Morgan fingerprint density at radius 3 is 1.88 bits per heavy atom. The normalized spacial score (nSPS) is 18.4. The third-order valence-corrected chi connectivity index (χ3v) is 21.1. The molecule has 2 fully saturated rings. The molecule has 0 saturated carbocycles. The number of nitrogens with zero attached hydrogens (tertiary/aromatic N) is 4. The van der Waals surface area contributed by atoms with Gasteiger partial charge in [0, 0.05) is 95.2 Å². The lowest BCUT2D eigenvalue weighted by atomic mass is 9.85. The number of primary amides is 1. The van der Waals surface area contributed by atoms with E-state index in [-0.39, 0.29) is 129 Å². The zero-order valence-electron chi connectivity index (χ0n) is 65.1. The number of likely N-dealkylation sites (N-methyl/N-ethyl adjacent to an activating group) is 2. The Bertz CT molecular complexity index is 3400. The van der Waals surface area contributed by atoms with Gasteiger partial charge in [-0.1, -0.05) is 111 Å². The monoisotopic (exact) mass is 1490 g/mol. The third-order valence-electron chi connectivity index (χ3n) is 21.1. The van der Waals surface area contributed by atoms with Gasteiger partial charge in [0.2, 0.25) is 52.8 Å². The molecule has 2 heterocycles. The molecule has 3 aromatic rings. The van der Waals surface area contributed by atoms with Crippen LogP contribution in [0.15, 0.2) is 54.6 Å². The third kappa shape index (κ3) is 25.1. The molecule has 106 heavy (non-hydrogen) atoms. The molecule has 2 saturated heterocycles. The van der Waals surface area contributed by atoms with E-state index in [2.05, 4.69) is 26.6 Å². The molecule has 0 aromatic heterocycles. The standard InChI is InChI=1S/C79H118F4N10O13/c1-17-48(8)71(91(14)77(101)69(46(4)5)89-76(100)70(47(6)7)90(12)13)61(104-15)44-63(97)93-38-22-27-58(93)72(105-16)50(10)59(94)43-56(41-53-24-19-18-20-25-53)74(98)85-36-33-52-29-31-57(32-30-52)87-75(99)54(26-21-35-86-79(84)103)42-60(95)68(45(2)3)88-62(96)28-23-37-92-39-34-55(40-49(92)9)78(102)106-73-66(82)64(80)51(11)65(81)67(73)83/h18-20,24-25,29-32,45-50,54-56,58,61,68-72H,17,21-23,26-28,33-44H2,1-16H3,(H,85,98)(H,87,99)(H,88,96)(H,89,100)(H3,84,86,103)/t48-,49?,50-,54+,55?,56+,58-,61+,68-,69-,70-,71-,72+/m0/s1. The van der Waals surface area contributed by atoms with Crippen LogP contribution < -0.4 is 37.1 Å². The van der Waals surface area contributed by atoms with Crippen molar-refractivity contribution in [3.8, 4) is 5.75 Å². The first-order chi connectivity index (χ1) is 50.1. The van der Waals surface area contributed by atoms with Crippen molar-refractivity contribution in [1.29, 1.82) is 0 Å². The fourth-order valence-corrected chi connectivity index (χ4v) is 14.8. The average Bonchev–Trinajstić information content (AvgIpc) is 0.825. The average molecular weight is 1490 g/mol. The van der Waals surface area contributed by atoms with Crippen LogP contribution in [0.3, 0.4) is 0 Å². The van der Waals surface area contributed by atoms with Crippen molar-refractivity contribution in [2.75, 3.05) is 73.4 Å². The lowest BCUT2D eigenvalue weighted by molar-refractivity contribution is -0.148. The van der Waals surface area contributed by atoms with Gasteiger partial charge in [-0.2, -0.15) is 8.78 Å². The maximum atomic E-state index is 14.7. The van der Waals surface area contributed by atoms with Gasteiger partial charge in [-0.25, -0.2) is 13.6 Å². The summed E-state index contributed by atoms with van der Waals surface area (Å²) in [4.78, 5) is 145. The number of urea groups is 1. The van der Waals surface area contributed by atoms with Crippen LogP contribution in [0.25, 0.3) is 0 Å². The van der Waals surface area contributed by atoms with E-state index in [0.29, 0.717) is 63.8 Å². The first-order valence-electron chi connectivity index (χ1n) is 37.5. The summed E-state index contributed by atoms with van der Waals surface area (Å²) in [6, 6.07) is 12.2. The molecule has 8 amide bonds. The molecule has 2 unspecified atom stereocenters. The second kappa shape index (κ2) is 42.6. The summed E-state index contributed by atoms with van der Waals surface area (Å²) >= 11 is 0. The number of likely N-dealkylation sites (tertiary alicyclic amines) is 2. The number of methoxy groups -OCH3 is 2. The number of nitrogens with one attached hydrogen (secondary N) is 5. The number of rotatable bonds is 42. The van der Waals surface area contributed by atoms with Gasteiger partial charge in [0.25, 0.3) is 0 Å². The molecule has 5 rings (SSSR count). The Labute approximate surface area is 624 Å². The smallest absolute Gasteiger partial charge is 0.314 e. The number of hydrogen-bond donors (Lipinski definition) is 6. The highest BCUT2D eigenvalue weighted by molar-refractivity contribution is 5.97. The molecule has 0 aliphatic carbocycles. The van der Waals surface area contributed by atoms with Gasteiger partial charge in [0.15, 0.2) is 17.4 Å².